The van der Waals surface area contributed by atoms with Crippen LogP contribution in [-0.2, 0) is 6.54 Å². The molecule has 0 aliphatic heterocycles. The van der Waals surface area contributed by atoms with Gasteiger partial charge in [0.25, 0.3) is 0 Å². The van der Waals surface area contributed by atoms with E-state index in [0.717, 1.165) is 18.0 Å². The van der Waals surface area contributed by atoms with E-state index in [-0.39, 0.29) is 0 Å². The van der Waals surface area contributed by atoms with E-state index in [1.807, 2.05) is 24.3 Å². The molecule has 0 radical (unpaired) electrons. The predicted molar refractivity (Wildman–Crippen MR) is 81.2 cm³/mol. The summed E-state index contributed by atoms with van der Waals surface area (Å²) in [7, 11) is 3.30. The van der Waals surface area contributed by atoms with Gasteiger partial charge in [-0.05, 0) is 30.2 Å². The number of benzene rings is 2. The van der Waals surface area contributed by atoms with Crippen molar-refractivity contribution in [3.63, 3.8) is 0 Å². The Labute approximate surface area is 120 Å². The molecule has 1 atom stereocenters. The van der Waals surface area contributed by atoms with E-state index in [1.54, 1.807) is 14.2 Å². The fourth-order valence-corrected chi connectivity index (χ4v) is 2.12. The summed E-state index contributed by atoms with van der Waals surface area (Å²) < 4.78 is 10.6. The Bertz CT molecular complexity index is 540. The summed E-state index contributed by atoms with van der Waals surface area (Å²) >= 11 is 0. The molecule has 2 rings (SSSR count). The van der Waals surface area contributed by atoms with Crippen LogP contribution in [0.15, 0.2) is 48.5 Å². The van der Waals surface area contributed by atoms with E-state index in [4.69, 9.17) is 9.47 Å². The van der Waals surface area contributed by atoms with Crippen LogP contribution in [0.25, 0.3) is 0 Å². The molecule has 0 saturated heterocycles. The normalized spacial score (nSPS) is 11.9. The smallest absolute Gasteiger partial charge is 0.161 e. The van der Waals surface area contributed by atoms with Crippen LogP contribution in [0, 0.1) is 0 Å². The standard InChI is InChI=1S/C17H21NO2/c1-13(15-7-5-4-6-8-15)18-12-14-9-10-16(19-2)17(11-14)20-3/h4-11,13,18H,12H2,1-3H3/t13-/m0/s1. The zero-order chi connectivity index (χ0) is 14.4. The summed E-state index contributed by atoms with van der Waals surface area (Å²) in [5.41, 5.74) is 2.46. The van der Waals surface area contributed by atoms with Gasteiger partial charge in [0, 0.05) is 12.6 Å². The number of ether oxygens (including phenoxy) is 2. The largest absolute Gasteiger partial charge is 0.493 e. The number of rotatable bonds is 6. The van der Waals surface area contributed by atoms with Gasteiger partial charge < -0.3 is 14.8 Å². The zero-order valence-corrected chi connectivity index (χ0v) is 12.2. The second kappa shape index (κ2) is 6.96. The topological polar surface area (TPSA) is 30.5 Å². The van der Waals surface area contributed by atoms with Crippen molar-refractivity contribution in [2.75, 3.05) is 14.2 Å². The monoisotopic (exact) mass is 271 g/mol. The lowest BCUT2D eigenvalue weighted by Gasteiger charge is -2.15. The minimum Gasteiger partial charge on any atom is -0.493 e. The van der Waals surface area contributed by atoms with Crippen LogP contribution in [0.3, 0.4) is 0 Å². The molecule has 1 N–H and O–H groups in total. The van der Waals surface area contributed by atoms with Crippen LogP contribution in [0.5, 0.6) is 11.5 Å². The maximum Gasteiger partial charge on any atom is 0.161 e. The van der Waals surface area contributed by atoms with E-state index >= 15 is 0 Å². The lowest BCUT2D eigenvalue weighted by molar-refractivity contribution is 0.354. The van der Waals surface area contributed by atoms with E-state index in [2.05, 4.69) is 36.5 Å². The van der Waals surface area contributed by atoms with Gasteiger partial charge in [0.15, 0.2) is 11.5 Å². The minimum absolute atomic E-state index is 0.310. The first-order chi connectivity index (χ1) is 9.74. The number of hydrogen-bond donors (Lipinski definition) is 1. The second-order valence-corrected chi connectivity index (χ2v) is 4.70. The lowest BCUT2D eigenvalue weighted by Crippen LogP contribution is -2.18. The lowest BCUT2D eigenvalue weighted by atomic mass is 10.1. The Balaban J connectivity index is 2.00. The van der Waals surface area contributed by atoms with Crippen LogP contribution in [0.4, 0.5) is 0 Å². The number of nitrogens with one attached hydrogen (secondary N) is 1. The summed E-state index contributed by atoms with van der Waals surface area (Å²) in [5.74, 6) is 1.52. The fraction of sp³-hybridized carbons (Fsp3) is 0.294. The molecular formula is C17H21NO2. The second-order valence-electron chi connectivity index (χ2n) is 4.70. The third kappa shape index (κ3) is 3.52. The molecule has 0 saturated carbocycles. The maximum atomic E-state index is 5.32. The van der Waals surface area contributed by atoms with E-state index in [1.165, 1.54) is 11.1 Å². The Morgan fingerprint density at radius 2 is 1.65 bits per heavy atom. The molecule has 0 aliphatic rings. The summed E-state index contributed by atoms with van der Waals surface area (Å²) in [5, 5.41) is 3.51. The third-order valence-electron chi connectivity index (χ3n) is 3.36. The summed E-state index contributed by atoms with van der Waals surface area (Å²) in [6.07, 6.45) is 0. The van der Waals surface area contributed by atoms with Crippen molar-refractivity contribution in [2.45, 2.75) is 19.5 Å². The molecule has 3 nitrogen and oxygen atoms in total. The van der Waals surface area contributed by atoms with Crippen molar-refractivity contribution in [2.24, 2.45) is 0 Å². The zero-order valence-electron chi connectivity index (χ0n) is 12.2. The van der Waals surface area contributed by atoms with E-state index < -0.39 is 0 Å². The van der Waals surface area contributed by atoms with Crippen molar-refractivity contribution in [3.05, 3.63) is 59.7 Å². The molecule has 0 fully saturated rings. The first kappa shape index (κ1) is 14.4. The van der Waals surface area contributed by atoms with Gasteiger partial charge >= 0.3 is 0 Å². The Hall–Kier alpha value is -2.00. The van der Waals surface area contributed by atoms with Gasteiger partial charge in [-0.1, -0.05) is 36.4 Å². The molecule has 0 heterocycles. The van der Waals surface area contributed by atoms with Gasteiger partial charge in [-0.15, -0.1) is 0 Å². The van der Waals surface area contributed by atoms with Gasteiger partial charge in [0.1, 0.15) is 0 Å². The van der Waals surface area contributed by atoms with Crippen molar-refractivity contribution < 1.29 is 9.47 Å². The quantitative estimate of drug-likeness (QED) is 0.871. The van der Waals surface area contributed by atoms with Gasteiger partial charge in [0.2, 0.25) is 0 Å². The van der Waals surface area contributed by atoms with Crippen LogP contribution >= 0.6 is 0 Å². The Morgan fingerprint density at radius 1 is 0.950 bits per heavy atom. The highest BCUT2D eigenvalue weighted by Gasteiger charge is 2.07. The average molecular weight is 271 g/mol. The van der Waals surface area contributed by atoms with Crippen LogP contribution in [-0.4, -0.2) is 14.2 Å². The molecule has 106 valence electrons. The number of hydrogen-bond acceptors (Lipinski definition) is 3. The van der Waals surface area contributed by atoms with E-state index in [0.29, 0.717) is 6.04 Å². The maximum absolute atomic E-state index is 5.32. The van der Waals surface area contributed by atoms with Crippen molar-refractivity contribution in [1.29, 1.82) is 0 Å². The molecule has 2 aromatic carbocycles. The van der Waals surface area contributed by atoms with Crippen molar-refractivity contribution >= 4 is 0 Å². The van der Waals surface area contributed by atoms with Crippen LogP contribution in [0.1, 0.15) is 24.1 Å². The van der Waals surface area contributed by atoms with Crippen molar-refractivity contribution in [3.8, 4) is 11.5 Å². The first-order valence-corrected chi connectivity index (χ1v) is 6.74. The highest BCUT2D eigenvalue weighted by Crippen LogP contribution is 2.27. The Kier molecular flexibility index (Phi) is 5.02. The fourth-order valence-electron chi connectivity index (χ4n) is 2.12. The van der Waals surface area contributed by atoms with Gasteiger partial charge in [-0.3, -0.25) is 0 Å². The number of methoxy groups -OCH3 is 2. The Morgan fingerprint density at radius 3 is 2.30 bits per heavy atom. The molecule has 20 heavy (non-hydrogen) atoms. The van der Waals surface area contributed by atoms with Gasteiger partial charge in [0.05, 0.1) is 14.2 Å². The van der Waals surface area contributed by atoms with E-state index in [9.17, 15) is 0 Å². The SMILES string of the molecule is COc1ccc(CN[C@@H](C)c2ccccc2)cc1OC. The molecule has 0 aliphatic carbocycles. The summed E-state index contributed by atoms with van der Waals surface area (Å²) in [6.45, 7) is 2.95. The highest BCUT2D eigenvalue weighted by molar-refractivity contribution is 5.42. The van der Waals surface area contributed by atoms with Crippen molar-refractivity contribution in [1.82, 2.24) is 5.32 Å². The average Bonchev–Trinajstić information content (AvgIpc) is 2.53. The molecule has 0 aromatic heterocycles. The van der Waals surface area contributed by atoms with Gasteiger partial charge in [-0.2, -0.15) is 0 Å². The van der Waals surface area contributed by atoms with Crippen LogP contribution < -0.4 is 14.8 Å². The molecule has 2 aromatic rings. The molecular weight excluding hydrogens is 250 g/mol. The minimum atomic E-state index is 0.310. The molecule has 0 amide bonds. The first-order valence-electron chi connectivity index (χ1n) is 6.74. The molecule has 0 unspecified atom stereocenters. The summed E-state index contributed by atoms with van der Waals surface area (Å²) in [4.78, 5) is 0. The van der Waals surface area contributed by atoms with Crippen LogP contribution in [0.2, 0.25) is 0 Å². The molecule has 0 spiro atoms. The molecule has 0 bridgehead atoms. The third-order valence-corrected chi connectivity index (χ3v) is 3.36. The van der Waals surface area contributed by atoms with Gasteiger partial charge in [-0.25, -0.2) is 0 Å². The predicted octanol–water partition coefficient (Wildman–Crippen LogP) is 3.55. The highest BCUT2D eigenvalue weighted by atomic mass is 16.5. The summed E-state index contributed by atoms with van der Waals surface area (Å²) in [6, 6.07) is 16.7. The molecule has 3 heteroatoms.